The second kappa shape index (κ2) is 6.95. The number of ether oxygens (including phenoxy) is 1. The van der Waals surface area contributed by atoms with Gasteiger partial charge in [-0.3, -0.25) is 4.79 Å². The first kappa shape index (κ1) is 15.1. The van der Waals surface area contributed by atoms with Crippen LogP contribution in [-0.2, 0) is 0 Å². The molecule has 2 aromatic rings. The van der Waals surface area contributed by atoms with Crippen molar-refractivity contribution < 1.29 is 9.53 Å². The number of carbonyl (C=O) groups excluding carboxylic acids is 1. The van der Waals surface area contributed by atoms with E-state index in [1.165, 1.54) is 0 Å². The molecule has 0 heterocycles. The highest BCUT2D eigenvalue weighted by molar-refractivity contribution is 6.30. The van der Waals surface area contributed by atoms with Crippen LogP contribution in [0.3, 0.4) is 0 Å². The average Bonchev–Trinajstić information content (AvgIpc) is 2.49. The van der Waals surface area contributed by atoms with E-state index in [2.05, 4.69) is 5.32 Å². The molecular formula is C17H16ClNO2. The quantitative estimate of drug-likeness (QED) is 0.650. The lowest BCUT2D eigenvalue weighted by Crippen LogP contribution is -2.01. The molecule has 0 spiro atoms. The number of rotatable bonds is 5. The van der Waals surface area contributed by atoms with Crippen molar-refractivity contribution in [3.8, 4) is 5.75 Å². The summed E-state index contributed by atoms with van der Waals surface area (Å²) >= 11 is 5.83. The van der Waals surface area contributed by atoms with Crippen molar-refractivity contribution in [3.05, 3.63) is 70.9 Å². The van der Waals surface area contributed by atoms with Crippen LogP contribution in [0.2, 0.25) is 5.02 Å². The van der Waals surface area contributed by atoms with Crippen LogP contribution in [0.1, 0.15) is 17.3 Å². The number of hydrogen-bond acceptors (Lipinski definition) is 3. The van der Waals surface area contributed by atoms with E-state index in [0.717, 1.165) is 17.1 Å². The van der Waals surface area contributed by atoms with Crippen LogP contribution >= 0.6 is 11.6 Å². The van der Waals surface area contributed by atoms with Crippen molar-refractivity contribution in [2.45, 2.75) is 6.92 Å². The molecule has 0 fully saturated rings. The van der Waals surface area contributed by atoms with Gasteiger partial charge < -0.3 is 10.1 Å². The molecule has 2 rings (SSSR count). The molecule has 0 amide bonds. The minimum atomic E-state index is -0.0587. The molecule has 0 aliphatic rings. The van der Waals surface area contributed by atoms with Gasteiger partial charge in [-0.25, -0.2) is 0 Å². The van der Waals surface area contributed by atoms with Gasteiger partial charge in [0.25, 0.3) is 0 Å². The molecule has 0 aliphatic carbocycles. The Bertz CT molecular complexity index is 645. The number of hydrogen-bond donors (Lipinski definition) is 1. The normalized spacial score (nSPS) is 11.1. The number of ketones is 1. The maximum atomic E-state index is 12.1. The number of carbonyl (C=O) groups is 1. The predicted octanol–water partition coefficient (Wildman–Crippen LogP) is 4.55. The largest absolute Gasteiger partial charge is 0.497 e. The fraction of sp³-hybridized carbons (Fsp3) is 0.118. The summed E-state index contributed by atoms with van der Waals surface area (Å²) in [6.45, 7) is 1.84. The van der Waals surface area contributed by atoms with Gasteiger partial charge >= 0.3 is 0 Å². The first-order valence-electron chi connectivity index (χ1n) is 6.48. The van der Waals surface area contributed by atoms with E-state index in [1.807, 2.05) is 19.1 Å². The van der Waals surface area contributed by atoms with E-state index in [0.29, 0.717) is 10.6 Å². The summed E-state index contributed by atoms with van der Waals surface area (Å²) in [6.07, 6.45) is 1.57. The zero-order valence-corrected chi connectivity index (χ0v) is 12.6. The molecule has 21 heavy (non-hydrogen) atoms. The van der Waals surface area contributed by atoms with Crippen molar-refractivity contribution in [2.24, 2.45) is 0 Å². The molecule has 0 unspecified atom stereocenters. The molecule has 0 aliphatic heterocycles. The summed E-state index contributed by atoms with van der Waals surface area (Å²) < 4.78 is 5.07. The first-order valence-corrected chi connectivity index (χ1v) is 6.85. The molecule has 0 saturated carbocycles. The summed E-state index contributed by atoms with van der Waals surface area (Å²) in [6, 6.07) is 14.3. The predicted molar refractivity (Wildman–Crippen MR) is 86.2 cm³/mol. The fourth-order valence-electron chi connectivity index (χ4n) is 1.83. The van der Waals surface area contributed by atoms with Gasteiger partial charge in [0.05, 0.1) is 7.11 Å². The molecule has 0 saturated heterocycles. The van der Waals surface area contributed by atoms with Gasteiger partial charge in [0.15, 0.2) is 5.78 Å². The molecule has 0 bridgehead atoms. The van der Waals surface area contributed by atoms with Crippen LogP contribution < -0.4 is 10.1 Å². The SMILES string of the molecule is COc1ccc(C(=O)/C=C(/C)Nc2ccc(Cl)cc2)cc1. The van der Waals surface area contributed by atoms with Gasteiger partial charge in [-0.15, -0.1) is 0 Å². The summed E-state index contributed by atoms with van der Waals surface area (Å²) in [5.74, 6) is 0.670. The third kappa shape index (κ3) is 4.36. The molecular weight excluding hydrogens is 286 g/mol. The van der Waals surface area contributed by atoms with Crippen LogP contribution in [0, 0.1) is 0 Å². The van der Waals surface area contributed by atoms with E-state index < -0.39 is 0 Å². The summed E-state index contributed by atoms with van der Waals surface area (Å²) in [5, 5.41) is 3.83. The Hall–Kier alpha value is -2.26. The van der Waals surface area contributed by atoms with Crippen molar-refractivity contribution in [1.82, 2.24) is 0 Å². The number of anilines is 1. The van der Waals surface area contributed by atoms with Crippen LogP contribution in [0.15, 0.2) is 60.3 Å². The molecule has 4 heteroatoms. The second-order valence-electron chi connectivity index (χ2n) is 4.55. The minimum absolute atomic E-state index is 0.0587. The maximum Gasteiger partial charge on any atom is 0.187 e. The Kier molecular flexibility index (Phi) is 5.01. The van der Waals surface area contributed by atoms with Gasteiger partial charge in [-0.2, -0.15) is 0 Å². The van der Waals surface area contributed by atoms with E-state index >= 15 is 0 Å². The molecule has 3 nitrogen and oxygen atoms in total. The van der Waals surface area contributed by atoms with E-state index in [-0.39, 0.29) is 5.78 Å². The van der Waals surface area contributed by atoms with Crippen LogP contribution in [0.4, 0.5) is 5.69 Å². The van der Waals surface area contributed by atoms with Crippen LogP contribution in [0.25, 0.3) is 0 Å². The highest BCUT2D eigenvalue weighted by Crippen LogP contribution is 2.16. The lowest BCUT2D eigenvalue weighted by molar-refractivity contribution is 0.104. The van der Waals surface area contributed by atoms with Gasteiger partial charge in [0.2, 0.25) is 0 Å². The van der Waals surface area contributed by atoms with Gasteiger partial charge in [-0.05, 0) is 55.5 Å². The fourth-order valence-corrected chi connectivity index (χ4v) is 1.96. The summed E-state index contributed by atoms with van der Waals surface area (Å²) in [7, 11) is 1.59. The molecule has 0 aromatic heterocycles. The van der Waals surface area contributed by atoms with E-state index in [1.54, 1.807) is 49.6 Å². The third-order valence-electron chi connectivity index (χ3n) is 2.91. The van der Waals surface area contributed by atoms with Crippen LogP contribution in [0.5, 0.6) is 5.75 Å². The van der Waals surface area contributed by atoms with E-state index in [9.17, 15) is 4.79 Å². The lowest BCUT2D eigenvalue weighted by atomic mass is 10.1. The summed E-state index contributed by atoms with van der Waals surface area (Å²) in [5.41, 5.74) is 2.27. The summed E-state index contributed by atoms with van der Waals surface area (Å²) in [4.78, 5) is 12.1. The zero-order chi connectivity index (χ0) is 15.2. The van der Waals surface area contributed by atoms with Crippen molar-refractivity contribution in [3.63, 3.8) is 0 Å². The Morgan fingerprint density at radius 3 is 2.29 bits per heavy atom. The Morgan fingerprint density at radius 2 is 1.71 bits per heavy atom. The third-order valence-corrected chi connectivity index (χ3v) is 3.16. The minimum Gasteiger partial charge on any atom is -0.497 e. The molecule has 1 N–H and O–H groups in total. The highest BCUT2D eigenvalue weighted by Gasteiger charge is 2.04. The maximum absolute atomic E-state index is 12.1. The van der Waals surface area contributed by atoms with Crippen molar-refractivity contribution >= 4 is 23.1 Å². The van der Waals surface area contributed by atoms with Gasteiger partial charge in [-0.1, -0.05) is 11.6 Å². The van der Waals surface area contributed by atoms with E-state index in [4.69, 9.17) is 16.3 Å². The Morgan fingerprint density at radius 1 is 1.10 bits per heavy atom. The topological polar surface area (TPSA) is 38.3 Å². The van der Waals surface area contributed by atoms with Crippen molar-refractivity contribution in [2.75, 3.05) is 12.4 Å². The van der Waals surface area contributed by atoms with Crippen LogP contribution in [-0.4, -0.2) is 12.9 Å². The molecule has 0 radical (unpaired) electrons. The Balaban J connectivity index is 2.06. The Labute approximate surface area is 129 Å². The number of nitrogens with one attached hydrogen (secondary N) is 1. The zero-order valence-electron chi connectivity index (χ0n) is 11.9. The van der Waals surface area contributed by atoms with Gasteiger partial charge in [0.1, 0.15) is 5.75 Å². The number of halogens is 1. The molecule has 0 atom stereocenters. The molecule has 2 aromatic carbocycles. The monoisotopic (exact) mass is 301 g/mol. The van der Waals surface area contributed by atoms with Crippen molar-refractivity contribution in [1.29, 1.82) is 0 Å². The number of methoxy groups -OCH3 is 1. The standard InChI is InChI=1S/C17H16ClNO2/c1-12(19-15-7-5-14(18)6-8-15)11-17(20)13-3-9-16(21-2)10-4-13/h3-11,19H,1-2H3/b12-11-. The number of benzene rings is 2. The smallest absolute Gasteiger partial charge is 0.187 e. The molecule has 108 valence electrons. The lowest BCUT2D eigenvalue weighted by Gasteiger charge is -2.06. The number of allylic oxidation sites excluding steroid dienone is 2. The van der Waals surface area contributed by atoms with Gasteiger partial charge in [0, 0.05) is 28.0 Å². The highest BCUT2D eigenvalue weighted by atomic mass is 35.5. The average molecular weight is 302 g/mol. The first-order chi connectivity index (χ1) is 10.1. The second-order valence-corrected chi connectivity index (χ2v) is 4.99.